The summed E-state index contributed by atoms with van der Waals surface area (Å²) >= 11 is 0. The van der Waals surface area contributed by atoms with E-state index in [-0.39, 0.29) is 30.3 Å². The number of ether oxygens (including phenoxy) is 2. The number of rotatable bonds is 3. The Kier molecular flexibility index (Phi) is 3.43. The number of anilines is 1. The number of nitrogens with zero attached hydrogens (tertiary/aromatic N) is 1. The predicted molar refractivity (Wildman–Crippen MR) is 61.4 cm³/mol. The number of amides is 2. The van der Waals surface area contributed by atoms with Crippen LogP contribution in [0.3, 0.4) is 0 Å². The molecule has 0 radical (unpaired) electrons. The minimum Gasteiger partial charge on any atom is -0.395 e. The van der Waals surface area contributed by atoms with Crippen LogP contribution in [0.15, 0.2) is 18.2 Å². The molecule has 19 heavy (non-hydrogen) atoms. The first-order valence-electron chi connectivity index (χ1n) is 5.44. The van der Waals surface area contributed by atoms with Gasteiger partial charge in [0, 0.05) is 25.3 Å². The number of carbonyl (C=O) groups is 1. The second-order valence-corrected chi connectivity index (χ2v) is 3.90. The number of halogens is 2. The average molecular weight is 274 g/mol. The molecule has 0 atom stereocenters. The Morgan fingerprint density at radius 1 is 1.42 bits per heavy atom. The Balaban J connectivity index is 2.06. The van der Waals surface area contributed by atoms with Gasteiger partial charge in [0.2, 0.25) is 0 Å². The monoisotopic (exact) mass is 274 g/mol. The lowest BCUT2D eigenvalue weighted by atomic mass is 10.3. The highest BCUT2D eigenvalue weighted by Gasteiger charge is 2.43. The van der Waals surface area contributed by atoms with Crippen LogP contribution in [0.2, 0.25) is 0 Å². The Morgan fingerprint density at radius 3 is 2.79 bits per heavy atom. The molecule has 0 saturated carbocycles. The van der Waals surface area contributed by atoms with Gasteiger partial charge in [-0.05, 0) is 12.1 Å². The topological polar surface area (TPSA) is 71.0 Å². The van der Waals surface area contributed by atoms with E-state index in [2.05, 4.69) is 14.8 Å². The fourth-order valence-corrected chi connectivity index (χ4v) is 1.50. The van der Waals surface area contributed by atoms with E-state index in [1.807, 2.05) is 0 Å². The summed E-state index contributed by atoms with van der Waals surface area (Å²) < 4.78 is 34.1. The van der Waals surface area contributed by atoms with Crippen molar-refractivity contribution in [3.63, 3.8) is 0 Å². The van der Waals surface area contributed by atoms with E-state index in [1.165, 1.54) is 30.1 Å². The second kappa shape index (κ2) is 4.88. The third-order valence-electron chi connectivity index (χ3n) is 2.43. The summed E-state index contributed by atoms with van der Waals surface area (Å²) in [7, 11) is 1.49. The maximum atomic E-state index is 12.8. The van der Waals surface area contributed by atoms with Crippen molar-refractivity contribution in [1.82, 2.24) is 4.90 Å². The van der Waals surface area contributed by atoms with Gasteiger partial charge in [-0.25, -0.2) is 4.79 Å². The lowest BCUT2D eigenvalue weighted by molar-refractivity contribution is -0.286. The SMILES string of the molecule is CN(CCO)C(=O)Nc1ccc2c(c1)OC(F)(F)O2. The van der Waals surface area contributed by atoms with Gasteiger partial charge in [-0.3, -0.25) is 0 Å². The van der Waals surface area contributed by atoms with Crippen molar-refractivity contribution in [2.75, 3.05) is 25.5 Å². The Bertz CT molecular complexity index is 496. The first kappa shape index (κ1) is 13.3. The van der Waals surface area contributed by atoms with Gasteiger partial charge in [-0.15, -0.1) is 8.78 Å². The summed E-state index contributed by atoms with van der Waals surface area (Å²) in [6.07, 6.45) is -3.68. The van der Waals surface area contributed by atoms with Crippen molar-refractivity contribution in [2.45, 2.75) is 6.29 Å². The molecule has 0 spiro atoms. The number of fused-ring (bicyclic) bond motifs is 1. The quantitative estimate of drug-likeness (QED) is 0.875. The van der Waals surface area contributed by atoms with Crippen molar-refractivity contribution in [2.24, 2.45) is 0 Å². The lowest BCUT2D eigenvalue weighted by Crippen LogP contribution is -2.33. The molecule has 1 aromatic rings. The van der Waals surface area contributed by atoms with Gasteiger partial charge in [0.25, 0.3) is 0 Å². The van der Waals surface area contributed by atoms with Crippen LogP contribution < -0.4 is 14.8 Å². The van der Waals surface area contributed by atoms with E-state index < -0.39 is 12.3 Å². The largest absolute Gasteiger partial charge is 0.586 e. The van der Waals surface area contributed by atoms with Gasteiger partial charge in [0.05, 0.1) is 6.61 Å². The van der Waals surface area contributed by atoms with E-state index in [0.717, 1.165) is 0 Å². The molecule has 2 N–H and O–H groups in total. The average Bonchev–Trinajstić information content (AvgIpc) is 2.62. The van der Waals surface area contributed by atoms with Crippen LogP contribution in [0.5, 0.6) is 11.5 Å². The summed E-state index contributed by atoms with van der Waals surface area (Å²) in [4.78, 5) is 12.9. The summed E-state index contributed by atoms with van der Waals surface area (Å²) in [6.45, 7) is -0.00820. The Labute approximate surface area is 107 Å². The molecule has 0 saturated heterocycles. The molecule has 0 bridgehead atoms. The Morgan fingerprint density at radius 2 is 2.11 bits per heavy atom. The molecular formula is C11H12F2N2O4. The van der Waals surface area contributed by atoms with Crippen LogP contribution in [0.1, 0.15) is 0 Å². The first-order valence-corrected chi connectivity index (χ1v) is 5.44. The number of benzene rings is 1. The van der Waals surface area contributed by atoms with Crippen LogP contribution >= 0.6 is 0 Å². The van der Waals surface area contributed by atoms with Gasteiger partial charge in [0.15, 0.2) is 11.5 Å². The standard InChI is InChI=1S/C11H12F2N2O4/c1-15(4-5-16)10(17)14-7-2-3-8-9(6-7)19-11(12,13)18-8/h2-3,6,16H,4-5H2,1H3,(H,14,17). The van der Waals surface area contributed by atoms with E-state index in [1.54, 1.807) is 0 Å². The molecule has 0 aliphatic carbocycles. The second-order valence-electron chi connectivity index (χ2n) is 3.90. The lowest BCUT2D eigenvalue weighted by Gasteiger charge is -2.16. The molecule has 8 heteroatoms. The molecule has 1 aliphatic heterocycles. The number of likely N-dealkylation sites (N-methyl/N-ethyl adjacent to an activating group) is 1. The first-order chi connectivity index (χ1) is 8.91. The fraction of sp³-hybridized carbons (Fsp3) is 0.364. The van der Waals surface area contributed by atoms with Gasteiger partial charge in [-0.2, -0.15) is 0 Å². The number of urea groups is 1. The van der Waals surface area contributed by atoms with Gasteiger partial charge < -0.3 is 24.8 Å². The smallest absolute Gasteiger partial charge is 0.395 e. The third kappa shape index (κ3) is 3.02. The zero-order chi connectivity index (χ0) is 14.0. The van der Waals surface area contributed by atoms with Crippen LogP contribution in [0.4, 0.5) is 19.3 Å². The number of hydrogen-bond donors (Lipinski definition) is 2. The highest BCUT2D eigenvalue weighted by Crippen LogP contribution is 2.42. The van der Waals surface area contributed by atoms with E-state index in [9.17, 15) is 13.6 Å². The zero-order valence-corrected chi connectivity index (χ0v) is 10.0. The summed E-state index contributed by atoms with van der Waals surface area (Å²) in [6, 6.07) is 3.45. The van der Waals surface area contributed by atoms with Crippen molar-refractivity contribution in [3.05, 3.63) is 18.2 Å². The number of aliphatic hydroxyl groups is 1. The minimum absolute atomic E-state index is 0.0910. The molecule has 1 aliphatic rings. The molecule has 2 rings (SSSR count). The number of carbonyl (C=O) groups excluding carboxylic acids is 1. The number of alkyl halides is 2. The highest BCUT2D eigenvalue weighted by atomic mass is 19.3. The highest BCUT2D eigenvalue weighted by molar-refractivity contribution is 5.89. The van der Waals surface area contributed by atoms with Crippen molar-refractivity contribution in [1.29, 1.82) is 0 Å². The third-order valence-corrected chi connectivity index (χ3v) is 2.43. The van der Waals surface area contributed by atoms with Gasteiger partial charge in [0.1, 0.15) is 0 Å². The zero-order valence-electron chi connectivity index (χ0n) is 10.0. The number of nitrogens with one attached hydrogen (secondary N) is 1. The maximum Gasteiger partial charge on any atom is 0.586 e. The molecule has 1 heterocycles. The van der Waals surface area contributed by atoms with Crippen molar-refractivity contribution < 1.29 is 28.2 Å². The van der Waals surface area contributed by atoms with Crippen LogP contribution in [0, 0.1) is 0 Å². The van der Waals surface area contributed by atoms with Crippen molar-refractivity contribution in [3.8, 4) is 11.5 Å². The molecule has 0 unspecified atom stereocenters. The van der Waals surface area contributed by atoms with Crippen LogP contribution in [-0.2, 0) is 0 Å². The van der Waals surface area contributed by atoms with Crippen molar-refractivity contribution >= 4 is 11.7 Å². The molecule has 0 fully saturated rings. The van der Waals surface area contributed by atoms with E-state index >= 15 is 0 Å². The minimum atomic E-state index is -3.68. The summed E-state index contributed by atoms with van der Waals surface area (Å²) in [5.41, 5.74) is 0.287. The van der Waals surface area contributed by atoms with Crippen LogP contribution in [0.25, 0.3) is 0 Å². The van der Waals surface area contributed by atoms with Crippen LogP contribution in [-0.4, -0.2) is 42.5 Å². The van der Waals surface area contributed by atoms with E-state index in [0.29, 0.717) is 0 Å². The summed E-state index contributed by atoms with van der Waals surface area (Å²) in [5, 5.41) is 11.2. The number of hydrogen-bond acceptors (Lipinski definition) is 4. The molecule has 2 amide bonds. The van der Waals surface area contributed by atoms with Gasteiger partial charge >= 0.3 is 12.3 Å². The number of aliphatic hydroxyl groups excluding tert-OH is 1. The summed E-state index contributed by atoms with van der Waals surface area (Å²) in [5.74, 6) is -0.237. The molecule has 0 aromatic heterocycles. The molecule has 104 valence electrons. The van der Waals surface area contributed by atoms with Gasteiger partial charge in [-0.1, -0.05) is 0 Å². The molecular weight excluding hydrogens is 262 g/mol. The fourth-order valence-electron chi connectivity index (χ4n) is 1.50. The predicted octanol–water partition coefficient (Wildman–Crippen LogP) is 1.46. The maximum absolute atomic E-state index is 12.8. The molecule has 6 nitrogen and oxygen atoms in total. The Hall–Kier alpha value is -2.09. The van der Waals surface area contributed by atoms with E-state index in [4.69, 9.17) is 5.11 Å². The molecule has 1 aromatic carbocycles. The normalized spacial score (nSPS) is 15.2.